The van der Waals surface area contributed by atoms with Crippen LogP contribution in [0.4, 0.5) is 4.79 Å². The molecular formula is C22H23N3O5. The first-order valence-electron chi connectivity index (χ1n) is 9.48. The van der Waals surface area contributed by atoms with Crippen molar-refractivity contribution in [3.63, 3.8) is 0 Å². The minimum atomic E-state index is -0.568. The van der Waals surface area contributed by atoms with E-state index in [9.17, 15) is 9.59 Å². The maximum Gasteiger partial charge on any atom is 0.319 e. The van der Waals surface area contributed by atoms with Crippen LogP contribution in [0, 0.1) is 0 Å². The lowest BCUT2D eigenvalue weighted by Crippen LogP contribution is -2.44. The molecule has 2 aromatic rings. The summed E-state index contributed by atoms with van der Waals surface area (Å²) in [4.78, 5) is 27.2. The Kier molecular flexibility index (Phi) is 5.22. The molecule has 0 spiro atoms. The fourth-order valence-corrected chi connectivity index (χ4v) is 3.79. The molecule has 2 aliphatic heterocycles. The molecule has 156 valence electrons. The zero-order valence-corrected chi connectivity index (χ0v) is 17.0. The number of nitrogens with one attached hydrogen (secondary N) is 2. The summed E-state index contributed by atoms with van der Waals surface area (Å²) < 4.78 is 15.8. The highest BCUT2D eigenvalue weighted by atomic mass is 16.5. The average molecular weight is 409 g/mol. The average Bonchev–Trinajstić information content (AvgIpc) is 3.08. The Morgan fingerprint density at radius 2 is 1.70 bits per heavy atom. The fourth-order valence-electron chi connectivity index (χ4n) is 3.79. The number of methoxy groups -OCH3 is 3. The van der Waals surface area contributed by atoms with Gasteiger partial charge in [0.15, 0.2) is 11.5 Å². The summed E-state index contributed by atoms with van der Waals surface area (Å²) in [5.74, 6) is 1.75. The van der Waals surface area contributed by atoms with Crippen molar-refractivity contribution in [3.8, 4) is 17.2 Å². The monoisotopic (exact) mass is 409 g/mol. The zero-order valence-electron chi connectivity index (χ0n) is 17.0. The number of amides is 3. The van der Waals surface area contributed by atoms with Gasteiger partial charge in [0, 0.05) is 6.54 Å². The van der Waals surface area contributed by atoms with Gasteiger partial charge < -0.3 is 29.7 Å². The molecule has 30 heavy (non-hydrogen) atoms. The number of rotatable bonds is 6. The van der Waals surface area contributed by atoms with E-state index >= 15 is 0 Å². The fraction of sp³-hybridized carbons (Fsp3) is 0.273. The first-order valence-corrected chi connectivity index (χ1v) is 9.48. The van der Waals surface area contributed by atoms with Gasteiger partial charge in [0.1, 0.15) is 5.75 Å². The van der Waals surface area contributed by atoms with E-state index in [2.05, 4.69) is 10.6 Å². The van der Waals surface area contributed by atoms with Crippen molar-refractivity contribution in [3.05, 3.63) is 64.9 Å². The number of carbonyl (C=O) groups excluding carboxylic acids is 2. The second kappa shape index (κ2) is 7.98. The van der Waals surface area contributed by atoms with E-state index in [1.165, 1.54) is 0 Å². The van der Waals surface area contributed by atoms with Crippen LogP contribution in [-0.4, -0.2) is 44.7 Å². The van der Waals surface area contributed by atoms with Crippen LogP contribution >= 0.6 is 0 Å². The van der Waals surface area contributed by atoms with E-state index in [-0.39, 0.29) is 11.9 Å². The van der Waals surface area contributed by atoms with Crippen LogP contribution in [0.25, 0.3) is 0 Å². The maximum atomic E-state index is 13.2. The normalized spacial score (nSPS) is 18.0. The standard InChI is InChI=1S/C22H23N3O5/c1-28-15-7-4-13(5-8-15)11-25-12-16-19(21(25)26)20(24-22(27)23-16)14-6-9-17(29-2)18(10-14)30-3/h4-10,20H,11-12H2,1-3H3,(H2,23,24,27). The summed E-state index contributed by atoms with van der Waals surface area (Å²) in [5, 5.41) is 5.64. The molecule has 1 atom stereocenters. The predicted molar refractivity (Wildman–Crippen MR) is 109 cm³/mol. The van der Waals surface area contributed by atoms with Gasteiger partial charge in [-0.05, 0) is 35.4 Å². The Hall–Kier alpha value is -3.68. The first kappa shape index (κ1) is 19.6. The van der Waals surface area contributed by atoms with Crippen molar-refractivity contribution >= 4 is 11.9 Å². The summed E-state index contributed by atoms with van der Waals surface area (Å²) in [7, 11) is 4.72. The molecule has 1 unspecified atom stereocenters. The molecule has 4 rings (SSSR count). The van der Waals surface area contributed by atoms with Gasteiger partial charge in [0.25, 0.3) is 5.91 Å². The highest BCUT2D eigenvalue weighted by molar-refractivity contribution is 6.01. The maximum absolute atomic E-state index is 13.2. The number of nitrogens with zero attached hydrogens (tertiary/aromatic N) is 1. The smallest absolute Gasteiger partial charge is 0.319 e. The molecule has 0 saturated heterocycles. The second-order valence-electron chi connectivity index (χ2n) is 7.05. The first-order chi connectivity index (χ1) is 14.5. The van der Waals surface area contributed by atoms with Crippen LogP contribution in [0.2, 0.25) is 0 Å². The predicted octanol–water partition coefficient (Wildman–Crippen LogP) is 2.36. The molecule has 0 aromatic heterocycles. The highest BCUT2D eigenvalue weighted by Crippen LogP contribution is 2.37. The molecular weight excluding hydrogens is 386 g/mol. The molecule has 2 heterocycles. The van der Waals surface area contributed by atoms with Crippen molar-refractivity contribution in [2.45, 2.75) is 12.6 Å². The van der Waals surface area contributed by atoms with Crippen molar-refractivity contribution in [1.29, 1.82) is 0 Å². The van der Waals surface area contributed by atoms with Gasteiger partial charge in [-0.15, -0.1) is 0 Å². The Morgan fingerprint density at radius 3 is 2.37 bits per heavy atom. The summed E-state index contributed by atoms with van der Waals surface area (Å²) in [6.07, 6.45) is 0. The number of hydrogen-bond donors (Lipinski definition) is 2. The lowest BCUT2D eigenvalue weighted by Gasteiger charge is -2.26. The van der Waals surface area contributed by atoms with Gasteiger partial charge in [-0.2, -0.15) is 0 Å². The molecule has 0 aliphatic carbocycles. The quantitative estimate of drug-likeness (QED) is 0.765. The van der Waals surface area contributed by atoms with Gasteiger partial charge >= 0.3 is 6.03 Å². The van der Waals surface area contributed by atoms with Crippen molar-refractivity contribution in [2.24, 2.45) is 0 Å². The molecule has 0 fully saturated rings. The van der Waals surface area contributed by atoms with Gasteiger partial charge in [-0.1, -0.05) is 18.2 Å². The Morgan fingerprint density at radius 1 is 0.967 bits per heavy atom. The zero-order chi connectivity index (χ0) is 21.3. The minimum Gasteiger partial charge on any atom is -0.497 e. The van der Waals surface area contributed by atoms with Gasteiger partial charge in [-0.25, -0.2) is 4.79 Å². The molecule has 0 saturated carbocycles. The molecule has 0 bridgehead atoms. The number of carbonyl (C=O) groups is 2. The van der Waals surface area contributed by atoms with E-state index in [0.717, 1.165) is 16.9 Å². The van der Waals surface area contributed by atoms with E-state index in [1.54, 1.807) is 38.4 Å². The minimum absolute atomic E-state index is 0.117. The van der Waals surface area contributed by atoms with Crippen LogP contribution in [0.1, 0.15) is 17.2 Å². The largest absolute Gasteiger partial charge is 0.497 e. The summed E-state index contributed by atoms with van der Waals surface area (Å²) >= 11 is 0. The van der Waals surface area contributed by atoms with Crippen LogP contribution in [-0.2, 0) is 11.3 Å². The SMILES string of the molecule is COc1ccc(CN2CC3=C(C2=O)C(c2ccc(OC)c(OC)c2)NC(=O)N3)cc1. The molecule has 2 aliphatic rings. The topological polar surface area (TPSA) is 89.1 Å². The van der Waals surface area contributed by atoms with Crippen LogP contribution in [0.5, 0.6) is 17.2 Å². The number of benzene rings is 2. The van der Waals surface area contributed by atoms with Gasteiger partial charge in [0.05, 0.1) is 45.2 Å². The van der Waals surface area contributed by atoms with Crippen LogP contribution < -0.4 is 24.8 Å². The lowest BCUT2D eigenvalue weighted by molar-refractivity contribution is -0.126. The van der Waals surface area contributed by atoms with Gasteiger partial charge in [0.2, 0.25) is 0 Å². The number of hydrogen-bond acceptors (Lipinski definition) is 5. The number of urea groups is 1. The highest BCUT2D eigenvalue weighted by Gasteiger charge is 2.40. The second-order valence-corrected chi connectivity index (χ2v) is 7.05. The van der Waals surface area contributed by atoms with E-state index in [0.29, 0.717) is 35.9 Å². The Bertz CT molecular complexity index is 1020. The molecule has 2 aromatic carbocycles. The third-order valence-electron chi connectivity index (χ3n) is 5.29. The summed E-state index contributed by atoms with van der Waals surface area (Å²) in [5.41, 5.74) is 2.88. The third kappa shape index (κ3) is 3.52. The molecule has 3 amide bonds. The molecule has 2 N–H and O–H groups in total. The van der Waals surface area contributed by atoms with Crippen molar-refractivity contribution < 1.29 is 23.8 Å². The summed E-state index contributed by atoms with van der Waals surface area (Å²) in [6.45, 7) is 0.780. The molecule has 8 heteroatoms. The molecule has 8 nitrogen and oxygen atoms in total. The van der Waals surface area contributed by atoms with Crippen molar-refractivity contribution in [2.75, 3.05) is 27.9 Å². The summed E-state index contributed by atoms with van der Waals surface area (Å²) in [6, 6.07) is 12.0. The third-order valence-corrected chi connectivity index (χ3v) is 5.29. The Balaban J connectivity index is 1.61. The lowest BCUT2D eigenvalue weighted by atomic mass is 9.96. The van der Waals surface area contributed by atoms with Crippen LogP contribution in [0.3, 0.4) is 0 Å². The van der Waals surface area contributed by atoms with Crippen LogP contribution in [0.15, 0.2) is 53.7 Å². The Labute approximate surface area is 174 Å². The van der Waals surface area contributed by atoms with E-state index < -0.39 is 6.04 Å². The number of ether oxygens (including phenoxy) is 3. The molecule has 0 radical (unpaired) electrons. The van der Waals surface area contributed by atoms with Gasteiger partial charge in [-0.3, -0.25) is 4.79 Å². The van der Waals surface area contributed by atoms with E-state index in [1.807, 2.05) is 30.3 Å². The van der Waals surface area contributed by atoms with Crippen molar-refractivity contribution in [1.82, 2.24) is 15.5 Å². The van der Waals surface area contributed by atoms with E-state index in [4.69, 9.17) is 14.2 Å².